The van der Waals surface area contributed by atoms with Gasteiger partial charge in [0, 0.05) is 29.9 Å². The number of rotatable bonds is 7. The highest BCUT2D eigenvalue weighted by Gasteiger charge is 2.11. The van der Waals surface area contributed by atoms with Crippen molar-refractivity contribution in [2.45, 2.75) is 33.2 Å². The highest BCUT2D eigenvalue weighted by atomic mass is 79.9. The molecule has 3 rings (SSSR count). The number of fused-ring (bicyclic) bond motifs is 1. The zero-order valence-electron chi connectivity index (χ0n) is 15.2. The summed E-state index contributed by atoms with van der Waals surface area (Å²) >= 11 is 3.55. The van der Waals surface area contributed by atoms with Gasteiger partial charge in [0.05, 0.1) is 11.0 Å². The van der Waals surface area contributed by atoms with Crippen LogP contribution in [0.2, 0.25) is 0 Å². The quantitative estimate of drug-likeness (QED) is 0.577. The van der Waals surface area contributed by atoms with Crippen molar-refractivity contribution in [1.82, 2.24) is 14.9 Å². The van der Waals surface area contributed by atoms with Crippen LogP contribution in [-0.4, -0.2) is 22.0 Å². The Morgan fingerprint density at radius 1 is 1.19 bits per heavy atom. The van der Waals surface area contributed by atoms with Crippen LogP contribution < -0.4 is 5.32 Å². The number of carbonyl (C=O) groups is 1. The summed E-state index contributed by atoms with van der Waals surface area (Å²) in [6, 6.07) is 16.6. The van der Waals surface area contributed by atoms with Crippen LogP contribution in [0.15, 0.2) is 53.0 Å². The van der Waals surface area contributed by atoms with Crippen molar-refractivity contribution in [2.75, 3.05) is 6.54 Å². The van der Waals surface area contributed by atoms with Gasteiger partial charge in [-0.3, -0.25) is 4.79 Å². The molecule has 2 aromatic carbocycles. The predicted octanol–water partition coefficient (Wildman–Crippen LogP) is 4.55. The van der Waals surface area contributed by atoms with E-state index < -0.39 is 0 Å². The minimum Gasteiger partial charge on any atom is -0.356 e. The van der Waals surface area contributed by atoms with Gasteiger partial charge in [-0.15, -0.1) is 0 Å². The molecule has 0 saturated carbocycles. The van der Waals surface area contributed by atoms with Gasteiger partial charge in [0.1, 0.15) is 5.82 Å². The average Bonchev–Trinajstić information content (AvgIpc) is 2.96. The molecule has 0 aliphatic heterocycles. The number of hydrogen-bond donors (Lipinski definition) is 1. The summed E-state index contributed by atoms with van der Waals surface area (Å²) in [5, 5.41) is 2.98. The van der Waals surface area contributed by atoms with Crippen LogP contribution >= 0.6 is 15.9 Å². The molecule has 1 N–H and O–H groups in total. The second-order valence-corrected chi connectivity index (χ2v) is 7.70. The highest BCUT2D eigenvalue weighted by molar-refractivity contribution is 9.10. The Bertz CT molecular complexity index is 901. The molecule has 0 unspecified atom stereocenters. The fourth-order valence-corrected chi connectivity index (χ4v) is 3.42. The molecule has 5 heteroatoms. The molecule has 1 amide bonds. The Hall–Kier alpha value is -2.14. The van der Waals surface area contributed by atoms with E-state index in [2.05, 4.69) is 56.1 Å². The van der Waals surface area contributed by atoms with E-state index in [1.54, 1.807) is 0 Å². The monoisotopic (exact) mass is 413 g/mol. The highest BCUT2D eigenvalue weighted by Crippen LogP contribution is 2.20. The molecule has 4 nitrogen and oxygen atoms in total. The van der Waals surface area contributed by atoms with Gasteiger partial charge < -0.3 is 9.88 Å². The topological polar surface area (TPSA) is 46.9 Å². The number of carbonyl (C=O) groups excluding carboxylic acids is 1. The van der Waals surface area contributed by atoms with Gasteiger partial charge in [-0.05, 0) is 36.2 Å². The molecule has 0 aliphatic rings. The number of nitrogens with zero attached hydrogens (tertiary/aromatic N) is 2. The maximum Gasteiger partial charge on any atom is 0.222 e. The van der Waals surface area contributed by atoms with Crippen LogP contribution in [0.3, 0.4) is 0 Å². The minimum absolute atomic E-state index is 0.0242. The Morgan fingerprint density at radius 3 is 2.77 bits per heavy atom. The third-order valence-corrected chi connectivity index (χ3v) is 4.86. The number of amides is 1. The number of hydrogen-bond acceptors (Lipinski definition) is 2. The van der Waals surface area contributed by atoms with E-state index in [1.807, 2.05) is 32.0 Å². The Balaban J connectivity index is 1.77. The van der Waals surface area contributed by atoms with E-state index in [0.717, 1.165) is 40.7 Å². The van der Waals surface area contributed by atoms with Crippen molar-refractivity contribution in [3.05, 3.63) is 64.4 Å². The van der Waals surface area contributed by atoms with E-state index in [-0.39, 0.29) is 11.8 Å². The van der Waals surface area contributed by atoms with Gasteiger partial charge in [-0.2, -0.15) is 0 Å². The molecular weight excluding hydrogens is 390 g/mol. The molecule has 0 aliphatic carbocycles. The number of aryl methyl sites for hydroxylation is 1. The molecule has 0 radical (unpaired) electrons. The van der Waals surface area contributed by atoms with E-state index in [4.69, 9.17) is 4.98 Å². The molecule has 1 heterocycles. The van der Waals surface area contributed by atoms with Crippen LogP contribution in [0.25, 0.3) is 11.0 Å². The first kappa shape index (κ1) is 18.6. The van der Waals surface area contributed by atoms with Crippen LogP contribution in [0.1, 0.15) is 31.7 Å². The molecule has 3 aromatic rings. The molecular formula is C21H24BrN3O. The maximum absolute atomic E-state index is 11.7. The number of halogens is 1. The summed E-state index contributed by atoms with van der Waals surface area (Å²) in [7, 11) is 0. The average molecular weight is 414 g/mol. The largest absolute Gasteiger partial charge is 0.356 e. The Kier molecular flexibility index (Phi) is 6.09. The van der Waals surface area contributed by atoms with E-state index in [0.29, 0.717) is 6.54 Å². The third-order valence-electron chi connectivity index (χ3n) is 4.36. The van der Waals surface area contributed by atoms with Gasteiger partial charge >= 0.3 is 0 Å². The lowest BCUT2D eigenvalue weighted by molar-refractivity contribution is -0.123. The smallest absolute Gasteiger partial charge is 0.222 e. The third kappa shape index (κ3) is 4.52. The first-order valence-electron chi connectivity index (χ1n) is 9.01. The zero-order valence-corrected chi connectivity index (χ0v) is 16.8. The fraction of sp³-hybridized carbons (Fsp3) is 0.333. The van der Waals surface area contributed by atoms with Gasteiger partial charge in [-0.1, -0.05) is 54.0 Å². The van der Waals surface area contributed by atoms with E-state index in [1.165, 1.54) is 5.56 Å². The van der Waals surface area contributed by atoms with Gasteiger partial charge in [0.25, 0.3) is 0 Å². The molecule has 136 valence electrons. The number of aromatic nitrogens is 2. The molecule has 0 atom stereocenters. The van der Waals surface area contributed by atoms with E-state index in [9.17, 15) is 4.79 Å². The number of para-hydroxylation sites is 2. The minimum atomic E-state index is 0.0242. The normalized spacial score (nSPS) is 11.2. The summed E-state index contributed by atoms with van der Waals surface area (Å²) in [4.78, 5) is 16.5. The van der Waals surface area contributed by atoms with Gasteiger partial charge in [-0.25, -0.2) is 4.98 Å². The summed E-state index contributed by atoms with van der Waals surface area (Å²) in [5.41, 5.74) is 3.40. The van der Waals surface area contributed by atoms with Crippen LogP contribution in [-0.2, 0) is 17.8 Å². The summed E-state index contributed by atoms with van der Waals surface area (Å²) in [6.07, 6.45) is 1.71. The first-order valence-corrected chi connectivity index (χ1v) is 9.80. The lowest BCUT2D eigenvalue weighted by atomic mass is 10.2. The molecule has 0 spiro atoms. The zero-order chi connectivity index (χ0) is 18.5. The second-order valence-electron chi connectivity index (χ2n) is 6.78. The van der Waals surface area contributed by atoms with Crippen molar-refractivity contribution in [1.29, 1.82) is 0 Å². The fourth-order valence-electron chi connectivity index (χ4n) is 2.97. The van der Waals surface area contributed by atoms with Crippen molar-refractivity contribution in [3.8, 4) is 0 Å². The van der Waals surface area contributed by atoms with Crippen molar-refractivity contribution in [3.63, 3.8) is 0 Å². The molecule has 0 fully saturated rings. The molecule has 26 heavy (non-hydrogen) atoms. The van der Waals surface area contributed by atoms with Crippen molar-refractivity contribution < 1.29 is 4.79 Å². The Labute approximate surface area is 162 Å². The van der Waals surface area contributed by atoms with Gasteiger partial charge in [0.2, 0.25) is 5.91 Å². The number of imidazole rings is 1. The van der Waals surface area contributed by atoms with Crippen LogP contribution in [0.5, 0.6) is 0 Å². The lowest BCUT2D eigenvalue weighted by Gasteiger charge is -2.11. The first-order chi connectivity index (χ1) is 12.5. The molecule has 0 bridgehead atoms. The number of benzene rings is 2. The predicted molar refractivity (Wildman–Crippen MR) is 109 cm³/mol. The SMILES string of the molecule is CC(C)C(=O)NCCCc1nc2ccccc2n1Cc1cccc(Br)c1. The second kappa shape index (κ2) is 8.49. The Morgan fingerprint density at radius 2 is 2.00 bits per heavy atom. The summed E-state index contributed by atoms with van der Waals surface area (Å²) < 4.78 is 3.36. The van der Waals surface area contributed by atoms with Crippen LogP contribution in [0, 0.1) is 5.92 Å². The van der Waals surface area contributed by atoms with Crippen molar-refractivity contribution >= 4 is 32.9 Å². The summed E-state index contributed by atoms with van der Waals surface area (Å²) in [6.45, 7) is 5.28. The van der Waals surface area contributed by atoms with Crippen LogP contribution in [0.4, 0.5) is 0 Å². The van der Waals surface area contributed by atoms with Crippen molar-refractivity contribution in [2.24, 2.45) is 5.92 Å². The van der Waals surface area contributed by atoms with Gasteiger partial charge in [0.15, 0.2) is 0 Å². The lowest BCUT2D eigenvalue weighted by Crippen LogP contribution is -2.28. The van der Waals surface area contributed by atoms with E-state index >= 15 is 0 Å². The standard InChI is InChI=1S/C21H24BrN3O/c1-15(2)21(26)23-12-6-11-20-24-18-9-3-4-10-19(18)25(20)14-16-7-5-8-17(22)13-16/h3-5,7-10,13,15H,6,11-12,14H2,1-2H3,(H,23,26). The summed E-state index contributed by atoms with van der Waals surface area (Å²) in [5.74, 6) is 1.19. The molecule has 0 saturated heterocycles. The maximum atomic E-state index is 11.7. The molecule has 1 aromatic heterocycles. The number of nitrogens with one attached hydrogen (secondary N) is 1.